The Bertz CT molecular complexity index is 692. The molecule has 1 heterocycles. The van der Waals surface area contributed by atoms with Gasteiger partial charge in [0.05, 0.1) is 7.11 Å². The van der Waals surface area contributed by atoms with Gasteiger partial charge in [0.25, 0.3) is 5.91 Å². The maximum Gasteiger partial charge on any atom is 0.344 e. The van der Waals surface area contributed by atoms with Crippen molar-refractivity contribution >= 4 is 17.7 Å². The number of benzene rings is 1. The molecule has 0 saturated carbocycles. The largest absolute Gasteiger partial charge is 0.493 e. The predicted molar refractivity (Wildman–Crippen MR) is 99.0 cm³/mol. The van der Waals surface area contributed by atoms with Crippen molar-refractivity contribution in [2.75, 3.05) is 33.4 Å². The lowest BCUT2D eigenvalue weighted by Crippen LogP contribution is -2.44. The highest BCUT2D eigenvalue weighted by Gasteiger charge is 2.26. The lowest BCUT2D eigenvalue weighted by Gasteiger charge is -2.34. The van der Waals surface area contributed by atoms with Crippen molar-refractivity contribution in [1.82, 2.24) is 4.90 Å². The zero-order chi connectivity index (χ0) is 20.0. The molecule has 1 saturated heterocycles. The van der Waals surface area contributed by atoms with Gasteiger partial charge in [0.1, 0.15) is 0 Å². The quantitative estimate of drug-likeness (QED) is 0.536. The van der Waals surface area contributed by atoms with Crippen LogP contribution in [0.4, 0.5) is 0 Å². The number of Topliss-reactive ketones (excluding diaryl/α,β-unsaturated/α-hetero) is 1. The summed E-state index contributed by atoms with van der Waals surface area (Å²) in [5.74, 6) is 0.639. The van der Waals surface area contributed by atoms with E-state index >= 15 is 0 Å². The van der Waals surface area contributed by atoms with Crippen molar-refractivity contribution in [2.24, 2.45) is 11.8 Å². The molecular formula is C20H27NO6. The molecule has 1 aliphatic rings. The first-order valence-corrected chi connectivity index (χ1v) is 9.05. The van der Waals surface area contributed by atoms with Crippen molar-refractivity contribution in [3.63, 3.8) is 0 Å². The number of methoxy groups -OCH3 is 1. The van der Waals surface area contributed by atoms with Gasteiger partial charge in [0, 0.05) is 18.7 Å². The Morgan fingerprint density at radius 1 is 1.07 bits per heavy atom. The van der Waals surface area contributed by atoms with Crippen molar-refractivity contribution in [1.29, 1.82) is 0 Å². The first-order chi connectivity index (χ1) is 12.8. The topological polar surface area (TPSA) is 82.1 Å². The van der Waals surface area contributed by atoms with Crippen LogP contribution in [0.25, 0.3) is 0 Å². The van der Waals surface area contributed by atoms with Crippen LogP contribution >= 0.6 is 0 Å². The first-order valence-electron chi connectivity index (χ1n) is 9.05. The van der Waals surface area contributed by atoms with Crippen molar-refractivity contribution in [3.05, 3.63) is 23.8 Å². The summed E-state index contributed by atoms with van der Waals surface area (Å²) in [7, 11) is 1.45. The van der Waals surface area contributed by atoms with Crippen LogP contribution in [0.1, 0.15) is 37.6 Å². The van der Waals surface area contributed by atoms with E-state index in [1.165, 1.54) is 14.0 Å². The number of amides is 1. The van der Waals surface area contributed by atoms with Crippen LogP contribution in [0.15, 0.2) is 18.2 Å². The minimum atomic E-state index is -0.640. The summed E-state index contributed by atoms with van der Waals surface area (Å²) >= 11 is 0. The third kappa shape index (κ3) is 5.98. The Hall–Kier alpha value is -2.57. The average molecular weight is 377 g/mol. The van der Waals surface area contributed by atoms with Crippen LogP contribution in [0.3, 0.4) is 0 Å². The number of esters is 1. The summed E-state index contributed by atoms with van der Waals surface area (Å²) in [4.78, 5) is 37.3. The van der Waals surface area contributed by atoms with Gasteiger partial charge < -0.3 is 19.1 Å². The van der Waals surface area contributed by atoms with Gasteiger partial charge in [0.15, 0.2) is 30.5 Å². The molecule has 0 bridgehead atoms. The van der Waals surface area contributed by atoms with Gasteiger partial charge in [0.2, 0.25) is 0 Å². The van der Waals surface area contributed by atoms with Gasteiger partial charge >= 0.3 is 5.97 Å². The number of nitrogens with zero attached hydrogens (tertiary/aromatic N) is 1. The molecule has 2 rings (SSSR count). The summed E-state index contributed by atoms with van der Waals surface area (Å²) in [6, 6.07) is 4.70. The summed E-state index contributed by atoms with van der Waals surface area (Å²) in [6.07, 6.45) is 1.10. The van der Waals surface area contributed by atoms with E-state index in [1.54, 1.807) is 23.1 Å². The lowest BCUT2D eigenvalue weighted by atomic mass is 9.92. The molecule has 1 amide bonds. The van der Waals surface area contributed by atoms with Crippen LogP contribution in [-0.4, -0.2) is 56.0 Å². The molecule has 0 spiro atoms. The highest BCUT2D eigenvalue weighted by Crippen LogP contribution is 2.28. The number of hydrogen-bond acceptors (Lipinski definition) is 6. The van der Waals surface area contributed by atoms with Crippen molar-refractivity contribution in [2.45, 2.75) is 27.2 Å². The maximum absolute atomic E-state index is 12.2. The molecule has 0 N–H and O–H groups in total. The van der Waals surface area contributed by atoms with Gasteiger partial charge in [-0.2, -0.15) is 0 Å². The molecular weight excluding hydrogens is 350 g/mol. The van der Waals surface area contributed by atoms with E-state index < -0.39 is 5.97 Å². The van der Waals surface area contributed by atoms with Crippen molar-refractivity contribution < 1.29 is 28.6 Å². The Morgan fingerprint density at radius 3 is 2.33 bits per heavy atom. The molecule has 0 aliphatic carbocycles. The number of piperidine rings is 1. The number of carbonyl (C=O) groups excluding carboxylic acids is 3. The number of ketones is 1. The molecule has 2 atom stereocenters. The number of likely N-dealkylation sites (tertiary alicyclic amines) is 1. The highest BCUT2D eigenvalue weighted by molar-refractivity contribution is 5.94. The zero-order valence-electron chi connectivity index (χ0n) is 16.3. The van der Waals surface area contributed by atoms with Crippen LogP contribution < -0.4 is 9.47 Å². The van der Waals surface area contributed by atoms with E-state index in [9.17, 15) is 14.4 Å². The molecule has 27 heavy (non-hydrogen) atoms. The molecule has 0 aromatic heterocycles. The molecule has 1 fully saturated rings. The van der Waals surface area contributed by atoms with E-state index in [0.717, 1.165) is 6.42 Å². The van der Waals surface area contributed by atoms with Crippen LogP contribution in [0.5, 0.6) is 11.5 Å². The van der Waals surface area contributed by atoms with E-state index in [1.807, 2.05) is 0 Å². The number of carbonyl (C=O) groups is 3. The second-order valence-electron chi connectivity index (χ2n) is 7.12. The summed E-state index contributed by atoms with van der Waals surface area (Å²) in [6.45, 7) is 6.42. The van der Waals surface area contributed by atoms with Gasteiger partial charge in [-0.1, -0.05) is 13.8 Å². The molecule has 1 aromatic carbocycles. The van der Waals surface area contributed by atoms with E-state index in [0.29, 0.717) is 42.0 Å². The fourth-order valence-electron chi connectivity index (χ4n) is 3.28. The number of hydrogen-bond donors (Lipinski definition) is 0. The minimum absolute atomic E-state index is 0.0980. The molecule has 1 aliphatic heterocycles. The summed E-state index contributed by atoms with van der Waals surface area (Å²) in [5, 5.41) is 0. The Balaban J connectivity index is 1.82. The van der Waals surface area contributed by atoms with Crippen LogP contribution in [0, 0.1) is 11.8 Å². The molecule has 0 radical (unpaired) electrons. The van der Waals surface area contributed by atoms with Crippen LogP contribution in [0.2, 0.25) is 0 Å². The van der Waals surface area contributed by atoms with Gasteiger partial charge in [-0.3, -0.25) is 9.59 Å². The third-order valence-electron chi connectivity index (χ3n) is 4.49. The zero-order valence-corrected chi connectivity index (χ0v) is 16.3. The minimum Gasteiger partial charge on any atom is -0.493 e. The molecule has 7 nitrogen and oxygen atoms in total. The Morgan fingerprint density at radius 2 is 1.74 bits per heavy atom. The predicted octanol–water partition coefficient (Wildman–Crippen LogP) is 2.32. The highest BCUT2D eigenvalue weighted by atomic mass is 16.6. The maximum atomic E-state index is 12.2. The molecule has 7 heteroatoms. The molecule has 1 aromatic rings. The second kappa shape index (κ2) is 9.39. The van der Waals surface area contributed by atoms with Gasteiger partial charge in [-0.05, 0) is 43.4 Å². The number of ether oxygens (including phenoxy) is 3. The smallest absolute Gasteiger partial charge is 0.344 e. The standard InChI is InChI=1S/C20H27NO6/c1-13-7-14(2)10-21(9-13)19(23)11-27-20(24)12-26-17-6-5-16(15(3)22)8-18(17)25-4/h5-6,8,13-14H,7,9-12H2,1-4H3/t13-,14-/m0/s1. The number of rotatable bonds is 7. The van der Waals surface area contributed by atoms with Crippen LogP contribution in [-0.2, 0) is 14.3 Å². The molecule has 148 valence electrons. The average Bonchev–Trinajstić information content (AvgIpc) is 2.63. The van der Waals surface area contributed by atoms with Gasteiger partial charge in [-0.15, -0.1) is 0 Å². The Labute approximate surface area is 159 Å². The first kappa shape index (κ1) is 20.7. The Kier molecular flexibility index (Phi) is 7.21. The van der Waals surface area contributed by atoms with Gasteiger partial charge in [-0.25, -0.2) is 4.79 Å². The lowest BCUT2D eigenvalue weighted by molar-refractivity contribution is -0.154. The van der Waals surface area contributed by atoms with E-state index in [2.05, 4.69) is 13.8 Å². The van der Waals surface area contributed by atoms with Crippen molar-refractivity contribution in [3.8, 4) is 11.5 Å². The molecule has 0 unspecified atom stereocenters. The summed E-state index contributed by atoms with van der Waals surface area (Å²) in [5.41, 5.74) is 0.484. The summed E-state index contributed by atoms with van der Waals surface area (Å²) < 4.78 is 15.6. The normalized spacial score (nSPS) is 19.3. The van der Waals surface area contributed by atoms with E-state index in [-0.39, 0.29) is 24.9 Å². The van der Waals surface area contributed by atoms with E-state index in [4.69, 9.17) is 14.2 Å². The fourth-order valence-corrected chi connectivity index (χ4v) is 3.28. The fraction of sp³-hybridized carbons (Fsp3) is 0.550. The third-order valence-corrected chi connectivity index (χ3v) is 4.49. The second-order valence-corrected chi connectivity index (χ2v) is 7.12. The monoisotopic (exact) mass is 377 g/mol. The SMILES string of the molecule is COc1cc(C(C)=O)ccc1OCC(=O)OCC(=O)N1C[C@@H](C)C[C@H](C)C1.